The van der Waals surface area contributed by atoms with E-state index in [0.29, 0.717) is 6.10 Å². The van der Waals surface area contributed by atoms with Crippen molar-refractivity contribution in [2.24, 2.45) is 4.99 Å². The Morgan fingerprint density at radius 2 is 2.50 bits per heavy atom. The summed E-state index contributed by atoms with van der Waals surface area (Å²) in [6, 6.07) is 0. The molecule has 3 heteroatoms. The number of hydrogen-bond donors (Lipinski definition) is 0. The first-order valence-electron chi connectivity index (χ1n) is 3.64. The lowest BCUT2D eigenvalue weighted by Crippen LogP contribution is -2.29. The van der Waals surface area contributed by atoms with Gasteiger partial charge in [0, 0.05) is 0 Å². The van der Waals surface area contributed by atoms with E-state index in [1.165, 1.54) is 0 Å². The lowest BCUT2D eigenvalue weighted by molar-refractivity contribution is 0.0621. The van der Waals surface area contributed by atoms with Gasteiger partial charge in [0.05, 0.1) is 19.8 Å². The van der Waals surface area contributed by atoms with Crippen molar-refractivity contribution in [1.29, 1.82) is 0 Å². The maximum Gasteiger partial charge on any atom is 0.213 e. The number of methoxy groups -OCH3 is 1. The molecule has 0 saturated carbocycles. The van der Waals surface area contributed by atoms with Crippen LogP contribution in [0.1, 0.15) is 12.8 Å². The molecule has 2 bridgehead atoms. The van der Waals surface area contributed by atoms with Crippen molar-refractivity contribution >= 4 is 5.90 Å². The Morgan fingerprint density at radius 1 is 1.60 bits per heavy atom. The van der Waals surface area contributed by atoms with Gasteiger partial charge in [-0.15, -0.1) is 0 Å². The Hall–Kier alpha value is -0.570. The average Bonchev–Trinajstić information content (AvgIpc) is 2.34. The quantitative estimate of drug-likeness (QED) is 0.494. The molecule has 10 heavy (non-hydrogen) atoms. The average molecular weight is 141 g/mol. The van der Waals surface area contributed by atoms with Gasteiger partial charge < -0.3 is 9.47 Å². The van der Waals surface area contributed by atoms with E-state index in [1.54, 1.807) is 7.11 Å². The maximum atomic E-state index is 5.54. The molecule has 0 radical (unpaired) electrons. The summed E-state index contributed by atoms with van der Waals surface area (Å²) in [6.07, 6.45) is 2.77. The zero-order chi connectivity index (χ0) is 6.97. The van der Waals surface area contributed by atoms with Crippen LogP contribution < -0.4 is 0 Å². The van der Waals surface area contributed by atoms with Gasteiger partial charge in [0.1, 0.15) is 6.10 Å². The van der Waals surface area contributed by atoms with Crippen molar-refractivity contribution in [2.75, 3.05) is 13.7 Å². The summed E-state index contributed by atoms with van der Waals surface area (Å²) in [4.78, 5) is 4.24. The van der Waals surface area contributed by atoms with Gasteiger partial charge >= 0.3 is 0 Å². The molecule has 2 aliphatic rings. The summed E-state index contributed by atoms with van der Waals surface area (Å²) >= 11 is 0. The third-order valence-electron chi connectivity index (χ3n) is 2.04. The minimum atomic E-state index is 0.170. The molecule has 1 fully saturated rings. The molecular formula is C7H11NO2. The number of rotatable bonds is 0. The highest BCUT2D eigenvalue weighted by Crippen LogP contribution is 2.25. The number of nitrogens with zero attached hydrogens (tertiary/aromatic N) is 1. The largest absolute Gasteiger partial charge is 0.482 e. The van der Waals surface area contributed by atoms with Gasteiger partial charge in [-0.1, -0.05) is 0 Å². The van der Waals surface area contributed by atoms with E-state index in [1.807, 2.05) is 0 Å². The summed E-state index contributed by atoms with van der Waals surface area (Å²) < 4.78 is 10.6. The van der Waals surface area contributed by atoms with Crippen LogP contribution in [0.2, 0.25) is 0 Å². The third kappa shape index (κ3) is 0.814. The fourth-order valence-corrected chi connectivity index (χ4v) is 1.51. The minimum Gasteiger partial charge on any atom is -0.482 e. The van der Waals surface area contributed by atoms with Crippen LogP contribution >= 0.6 is 0 Å². The fraction of sp³-hybridized carbons (Fsp3) is 0.857. The molecule has 0 aromatic heterocycles. The van der Waals surface area contributed by atoms with E-state index in [0.717, 1.165) is 25.3 Å². The van der Waals surface area contributed by atoms with Gasteiger partial charge in [-0.25, -0.2) is 0 Å². The number of fused-ring (bicyclic) bond motifs is 2. The van der Waals surface area contributed by atoms with Gasteiger partial charge in [-0.2, -0.15) is 0 Å². The van der Waals surface area contributed by atoms with Crippen LogP contribution in [-0.2, 0) is 9.47 Å². The molecule has 2 aliphatic heterocycles. The second-order valence-corrected chi connectivity index (χ2v) is 2.71. The van der Waals surface area contributed by atoms with Gasteiger partial charge in [0.15, 0.2) is 0 Å². The van der Waals surface area contributed by atoms with Crippen molar-refractivity contribution in [3.8, 4) is 0 Å². The molecule has 0 unspecified atom stereocenters. The predicted molar refractivity (Wildman–Crippen MR) is 37.2 cm³/mol. The Kier molecular flexibility index (Phi) is 1.38. The number of hydrogen-bond acceptors (Lipinski definition) is 3. The normalized spacial score (nSPS) is 37.5. The lowest BCUT2D eigenvalue weighted by Gasteiger charge is -2.18. The second-order valence-electron chi connectivity index (χ2n) is 2.71. The van der Waals surface area contributed by atoms with Crippen LogP contribution in [0.5, 0.6) is 0 Å². The van der Waals surface area contributed by atoms with E-state index >= 15 is 0 Å². The van der Waals surface area contributed by atoms with Crippen LogP contribution in [-0.4, -0.2) is 31.8 Å². The zero-order valence-corrected chi connectivity index (χ0v) is 6.04. The Labute approximate surface area is 60.0 Å². The zero-order valence-electron chi connectivity index (χ0n) is 6.04. The van der Waals surface area contributed by atoms with Gasteiger partial charge in [0.25, 0.3) is 0 Å². The Bertz CT molecular complexity index is 167. The molecule has 0 amide bonds. The van der Waals surface area contributed by atoms with Gasteiger partial charge in [0.2, 0.25) is 5.90 Å². The van der Waals surface area contributed by atoms with Crippen molar-refractivity contribution in [1.82, 2.24) is 0 Å². The summed E-state index contributed by atoms with van der Waals surface area (Å²) in [6.45, 7) is 0.791. The first-order valence-corrected chi connectivity index (χ1v) is 3.64. The molecule has 1 saturated heterocycles. The van der Waals surface area contributed by atoms with Crippen molar-refractivity contribution < 1.29 is 9.47 Å². The van der Waals surface area contributed by atoms with Crippen LogP contribution in [0.15, 0.2) is 4.99 Å². The molecule has 0 spiro atoms. The van der Waals surface area contributed by atoms with Gasteiger partial charge in [-0.05, 0) is 12.8 Å². The van der Waals surface area contributed by atoms with Crippen molar-refractivity contribution in [2.45, 2.75) is 25.0 Å². The van der Waals surface area contributed by atoms with Crippen molar-refractivity contribution in [3.05, 3.63) is 0 Å². The third-order valence-corrected chi connectivity index (χ3v) is 2.04. The monoisotopic (exact) mass is 141 g/mol. The Morgan fingerprint density at radius 3 is 3.30 bits per heavy atom. The second kappa shape index (κ2) is 2.23. The first kappa shape index (κ1) is 6.16. The molecule has 2 rings (SSSR count). The highest BCUT2D eigenvalue weighted by Gasteiger charge is 2.33. The molecule has 3 nitrogen and oxygen atoms in total. The Balaban J connectivity index is 2.14. The first-order chi connectivity index (χ1) is 4.90. The van der Waals surface area contributed by atoms with E-state index in [2.05, 4.69) is 4.99 Å². The van der Waals surface area contributed by atoms with Gasteiger partial charge in [-0.3, -0.25) is 4.99 Å². The molecule has 2 atom stereocenters. The van der Waals surface area contributed by atoms with Crippen LogP contribution in [0, 0.1) is 0 Å². The molecule has 0 aliphatic carbocycles. The lowest BCUT2D eigenvalue weighted by atomic mass is 10.2. The van der Waals surface area contributed by atoms with E-state index < -0.39 is 0 Å². The standard InChI is InChI=1S/C7H11NO2/c1-9-7-6-3-2-5(10-6)4-8-7/h5-6H,2-4H2,1H3/t5-,6+/m0/s1. The SMILES string of the molecule is COC1=NC[C@@H]2CC[C@H]1O2. The molecule has 2 heterocycles. The van der Waals surface area contributed by atoms with Crippen LogP contribution in [0.3, 0.4) is 0 Å². The fourth-order valence-electron chi connectivity index (χ4n) is 1.51. The molecular weight excluding hydrogens is 130 g/mol. The molecule has 0 N–H and O–H groups in total. The van der Waals surface area contributed by atoms with Crippen LogP contribution in [0.4, 0.5) is 0 Å². The maximum absolute atomic E-state index is 5.54. The molecule has 0 aromatic carbocycles. The molecule has 0 aromatic rings. The number of ether oxygens (including phenoxy) is 2. The summed E-state index contributed by atoms with van der Waals surface area (Å²) in [5, 5.41) is 0. The smallest absolute Gasteiger partial charge is 0.213 e. The van der Waals surface area contributed by atoms with E-state index in [4.69, 9.17) is 9.47 Å². The summed E-state index contributed by atoms with van der Waals surface area (Å²) in [5.74, 6) is 0.786. The van der Waals surface area contributed by atoms with E-state index in [9.17, 15) is 0 Å². The predicted octanol–water partition coefficient (Wildman–Crippen LogP) is 0.592. The highest BCUT2D eigenvalue weighted by atomic mass is 16.5. The summed E-state index contributed by atoms with van der Waals surface area (Å²) in [7, 11) is 1.65. The van der Waals surface area contributed by atoms with Crippen molar-refractivity contribution in [3.63, 3.8) is 0 Å². The summed E-state index contributed by atoms with van der Waals surface area (Å²) in [5.41, 5.74) is 0. The van der Waals surface area contributed by atoms with E-state index in [-0.39, 0.29) is 6.10 Å². The topological polar surface area (TPSA) is 30.8 Å². The highest BCUT2D eigenvalue weighted by molar-refractivity contribution is 5.81. The number of aliphatic imine (C=N–C) groups is 1. The van der Waals surface area contributed by atoms with Crippen LogP contribution in [0.25, 0.3) is 0 Å². The molecule has 56 valence electrons. The minimum absolute atomic E-state index is 0.170.